The van der Waals surface area contributed by atoms with Crippen molar-refractivity contribution < 1.29 is 13.2 Å². The molecular weight excluding hydrogens is 360 g/mol. The topological polar surface area (TPSA) is 66.5 Å². The lowest BCUT2D eigenvalue weighted by Crippen LogP contribution is -2.31. The molecule has 1 aliphatic heterocycles. The average Bonchev–Trinajstić information content (AvgIpc) is 2.66. The maximum absolute atomic E-state index is 12.8. The Labute approximate surface area is 158 Å². The fourth-order valence-electron chi connectivity index (χ4n) is 3.44. The highest BCUT2D eigenvalue weighted by molar-refractivity contribution is 7.93. The van der Waals surface area contributed by atoms with Crippen molar-refractivity contribution in [2.45, 2.75) is 11.8 Å². The molecule has 3 aromatic carbocycles. The van der Waals surface area contributed by atoms with Crippen LogP contribution in [0.25, 0.3) is 11.1 Å². The number of amides is 1. The predicted octanol–water partition coefficient (Wildman–Crippen LogP) is 4.05. The van der Waals surface area contributed by atoms with Crippen molar-refractivity contribution in [2.24, 2.45) is 0 Å². The lowest BCUT2D eigenvalue weighted by atomic mass is 9.96. The Kier molecular flexibility index (Phi) is 4.00. The Bertz CT molecular complexity index is 1160. The number of carbonyl (C=O) groups excluding carboxylic acids is 1. The lowest BCUT2D eigenvalue weighted by molar-refractivity contribution is 0.102. The first-order chi connectivity index (χ1) is 12.9. The lowest BCUT2D eigenvalue weighted by Gasteiger charge is -2.31. The van der Waals surface area contributed by atoms with Crippen molar-refractivity contribution in [3.63, 3.8) is 0 Å². The van der Waals surface area contributed by atoms with E-state index in [9.17, 15) is 13.2 Å². The molecule has 1 amide bonds. The van der Waals surface area contributed by atoms with Gasteiger partial charge in [-0.1, -0.05) is 36.4 Å². The average molecular weight is 378 g/mol. The molecule has 0 atom stereocenters. The Morgan fingerprint density at radius 3 is 2.33 bits per heavy atom. The molecule has 0 unspecified atom stereocenters. The van der Waals surface area contributed by atoms with E-state index in [4.69, 9.17) is 0 Å². The molecule has 136 valence electrons. The van der Waals surface area contributed by atoms with Crippen LogP contribution >= 0.6 is 0 Å². The van der Waals surface area contributed by atoms with Gasteiger partial charge in [-0.2, -0.15) is 0 Å². The maximum Gasteiger partial charge on any atom is 0.264 e. The molecule has 1 aliphatic rings. The van der Waals surface area contributed by atoms with Crippen molar-refractivity contribution in [3.05, 3.63) is 77.9 Å². The van der Waals surface area contributed by atoms with E-state index in [2.05, 4.69) is 5.32 Å². The van der Waals surface area contributed by atoms with E-state index in [-0.39, 0.29) is 10.8 Å². The number of hydrogen-bond acceptors (Lipinski definition) is 3. The molecule has 0 bridgehead atoms. The van der Waals surface area contributed by atoms with E-state index in [1.165, 1.54) is 4.31 Å². The minimum Gasteiger partial charge on any atom is -0.322 e. The largest absolute Gasteiger partial charge is 0.322 e. The van der Waals surface area contributed by atoms with Crippen LogP contribution in [0.4, 0.5) is 11.4 Å². The van der Waals surface area contributed by atoms with Crippen LogP contribution in [-0.4, -0.2) is 21.4 Å². The summed E-state index contributed by atoms with van der Waals surface area (Å²) >= 11 is 0. The zero-order chi connectivity index (χ0) is 19.2. The molecule has 0 aromatic heterocycles. The van der Waals surface area contributed by atoms with Crippen molar-refractivity contribution in [1.82, 2.24) is 0 Å². The summed E-state index contributed by atoms with van der Waals surface area (Å²) in [5.74, 6) is -0.235. The number of para-hydroxylation sites is 1. The van der Waals surface area contributed by atoms with Crippen LogP contribution in [0.1, 0.15) is 15.9 Å². The molecule has 0 saturated heterocycles. The molecule has 4 rings (SSSR count). The maximum atomic E-state index is 12.8. The van der Waals surface area contributed by atoms with Crippen LogP contribution in [0.2, 0.25) is 0 Å². The van der Waals surface area contributed by atoms with Crippen LogP contribution < -0.4 is 9.62 Å². The zero-order valence-corrected chi connectivity index (χ0v) is 15.7. The Hall–Kier alpha value is -3.12. The number of nitrogens with one attached hydrogen (secondary N) is 1. The summed E-state index contributed by atoms with van der Waals surface area (Å²) < 4.78 is 26.9. The number of sulfonamides is 1. The first kappa shape index (κ1) is 17.3. The van der Waals surface area contributed by atoms with Gasteiger partial charge in [-0.05, 0) is 42.8 Å². The van der Waals surface area contributed by atoms with Gasteiger partial charge in [0.2, 0.25) is 0 Å². The van der Waals surface area contributed by atoms with E-state index in [0.717, 1.165) is 11.1 Å². The van der Waals surface area contributed by atoms with E-state index in [1.807, 2.05) is 37.3 Å². The molecule has 5 nitrogen and oxygen atoms in total. The number of nitrogens with zero attached hydrogens (tertiary/aromatic N) is 1. The van der Waals surface area contributed by atoms with Gasteiger partial charge in [-0.3, -0.25) is 9.10 Å². The second kappa shape index (κ2) is 6.25. The smallest absolute Gasteiger partial charge is 0.264 e. The van der Waals surface area contributed by atoms with E-state index in [1.54, 1.807) is 43.4 Å². The number of benzene rings is 3. The molecule has 0 radical (unpaired) electrons. The predicted molar refractivity (Wildman–Crippen MR) is 107 cm³/mol. The number of aryl methyl sites for hydroxylation is 1. The standard InChI is InChI=1S/C21H18N2O3S/c1-14-12-15(21(24)22-16-8-4-3-5-9-16)13-18-17-10-6-7-11-19(17)27(25,26)23(2)20(14)18/h3-13H,1-2H3,(H,22,24). The molecule has 1 N–H and O–H groups in total. The summed E-state index contributed by atoms with van der Waals surface area (Å²) in [6.45, 7) is 1.82. The first-order valence-electron chi connectivity index (χ1n) is 8.49. The van der Waals surface area contributed by atoms with Crippen LogP contribution in [-0.2, 0) is 10.0 Å². The van der Waals surface area contributed by atoms with Crippen molar-refractivity contribution >= 4 is 27.3 Å². The Morgan fingerprint density at radius 1 is 0.926 bits per heavy atom. The second-order valence-corrected chi connectivity index (χ2v) is 8.42. The highest BCUT2D eigenvalue weighted by Gasteiger charge is 2.33. The number of fused-ring (bicyclic) bond motifs is 3. The van der Waals surface area contributed by atoms with Crippen LogP contribution in [0.15, 0.2) is 71.6 Å². The van der Waals surface area contributed by atoms with Gasteiger partial charge in [-0.15, -0.1) is 0 Å². The fraction of sp³-hybridized carbons (Fsp3) is 0.0952. The van der Waals surface area contributed by atoms with Gasteiger partial charge in [0.25, 0.3) is 15.9 Å². The highest BCUT2D eigenvalue weighted by Crippen LogP contribution is 2.44. The van der Waals surface area contributed by atoms with Gasteiger partial charge in [-0.25, -0.2) is 8.42 Å². The van der Waals surface area contributed by atoms with E-state index >= 15 is 0 Å². The van der Waals surface area contributed by atoms with Crippen molar-refractivity contribution in [2.75, 3.05) is 16.7 Å². The van der Waals surface area contributed by atoms with Crippen LogP contribution in [0, 0.1) is 6.92 Å². The van der Waals surface area contributed by atoms with Crippen molar-refractivity contribution in [3.8, 4) is 11.1 Å². The molecule has 0 saturated carbocycles. The molecule has 6 heteroatoms. The van der Waals surface area contributed by atoms with E-state index < -0.39 is 10.0 Å². The summed E-state index contributed by atoms with van der Waals surface area (Å²) in [7, 11) is -2.06. The molecule has 1 heterocycles. The third-order valence-electron chi connectivity index (χ3n) is 4.72. The van der Waals surface area contributed by atoms with Gasteiger partial charge in [0.1, 0.15) is 0 Å². The summed E-state index contributed by atoms with van der Waals surface area (Å²) in [5.41, 5.74) is 3.87. The molecule has 0 fully saturated rings. The summed E-state index contributed by atoms with van der Waals surface area (Å²) in [4.78, 5) is 13.0. The number of carbonyl (C=O) groups is 1. The molecule has 0 aliphatic carbocycles. The molecule has 27 heavy (non-hydrogen) atoms. The van der Waals surface area contributed by atoms with Gasteiger partial charge in [0.15, 0.2) is 0 Å². The zero-order valence-electron chi connectivity index (χ0n) is 14.9. The SMILES string of the molecule is Cc1cc(C(=O)Nc2ccccc2)cc2c1N(C)S(=O)(=O)c1ccccc1-2. The van der Waals surface area contributed by atoms with Gasteiger partial charge < -0.3 is 5.32 Å². The second-order valence-electron chi connectivity index (χ2n) is 6.48. The fourth-order valence-corrected chi connectivity index (χ4v) is 4.92. The third kappa shape index (κ3) is 2.78. The van der Waals surface area contributed by atoms with Crippen molar-refractivity contribution in [1.29, 1.82) is 0 Å². The first-order valence-corrected chi connectivity index (χ1v) is 9.93. The van der Waals surface area contributed by atoms with Gasteiger partial charge >= 0.3 is 0 Å². The normalized spacial score (nSPS) is 14.2. The summed E-state index contributed by atoms with van der Waals surface area (Å²) in [5, 5.41) is 2.87. The molecule has 0 spiro atoms. The monoisotopic (exact) mass is 378 g/mol. The Morgan fingerprint density at radius 2 is 1.59 bits per heavy atom. The highest BCUT2D eigenvalue weighted by atomic mass is 32.2. The third-order valence-corrected chi connectivity index (χ3v) is 6.54. The van der Waals surface area contributed by atoms with Gasteiger partial charge in [0, 0.05) is 29.4 Å². The van der Waals surface area contributed by atoms with Gasteiger partial charge in [0.05, 0.1) is 10.6 Å². The van der Waals surface area contributed by atoms with Crippen LogP contribution in [0.3, 0.4) is 0 Å². The minimum atomic E-state index is -3.61. The van der Waals surface area contributed by atoms with Crippen LogP contribution in [0.5, 0.6) is 0 Å². The molecular formula is C21H18N2O3S. The summed E-state index contributed by atoms with van der Waals surface area (Å²) in [6, 6.07) is 19.6. The minimum absolute atomic E-state index is 0.235. The van der Waals surface area contributed by atoms with E-state index in [0.29, 0.717) is 22.5 Å². The molecule has 3 aromatic rings. The summed E-state index contributed by atoms with van der Waals surface area (Å²) in [6.07, 6.45) is 0. The number of rotatable bonds is 2. The number of anilines is 2. The quantitative estimate of drug-likeness (QED) is 0.731. The number of hydrogen-bond donors (Lipinski definition) is 1. The Balaban J connectivity index is 1.85.